The molecular formula is C15H10F12O. The van der Waals surface area contributed by atoms with E-state index in [9.17, 15) is 57.8 Å². The van der Waals surface area contributed by atoms with E-state index in [4.69, 9.17) is 0 Å². The van der Waals surface area contributed by atoms with E-state index in [-0.39, 0.29) is 12.1 Å². The van der Waals surface area contributed by atoms with Gasteiger partial charge in [-0.3, -0.25) is 0 Å². The first-order valence-corrected chi connectivity index (χ1v) is 7.27. The van der Waals surface area contributed by atoms with E-state index in [0.29, 0.717) is 19.1 Å². The Kier molecular flexibility index (Phi) is 4.60. The van der Waals surface area contributed by atoms with Crippen molar-refractivity contribution in [2.24, 2.45) is 0 Å². The second-order valence-electron chi connectivity index (χ2n) is 6.62. The molecule has 1 aliphatic carbocycles. The van der Waals surface area contributed by atoms with Crippen LogP contribution in [0.4, 0.5) is 52.7 Å². The Morgan fingerprint density at radius 3 is 1.32 bits per heavy atom. The molecule has 0 aliphatic heterocycles. The maximum absolute atomic E-state index is 14.5. The zero-order valence-corrected chi connectivity index (χ0v) is 13.5. The molecule has 0 aromatic heterocycles. The van der Waals surface area contributed by atoms with Crippen molar-refractivity contribution in [2.75, 3.05) is 0 Å². The first kappa shape index (κ1) is 22.6. The maximum atomic E-state index is 14.5. The first-order chi connectivity index (χ1) is 12.2. The molecule has 160 valence electrons. The fourth-order valence-electron chi connectivity index (χ4n) is 2.91. The third kappa shape index (κ3) is 2.61. The molecule has 1 nitrogen and oxygen atoms in total. The van der Waals surface area contributed by atoms with Gasteiger partial charge in [0.2, 0.25) is 0 Å². The third-order valence-electron chi connectivity index (χ3n) is 4.60. The maximum Gasteiger partial charge on any atom is 0.416 e. The van der Waals surface area contributed by atoms with Crippen LogP contribution in [0.1, 0.15) is 24.5 Å². The van der Waals surface area contributed by atoms with Gasteiger partial charge in [-0.25, -0.2) is 4.39 Å². The van der Waals surface area contributed by atoms with E-state index in [2.05, 4.69) is 0 Å². The van der Waals surface area contributed by atoms with Crippen LogP contribution >= 0.6 is 0 Å². The quantitative estimate of drug-likeness (QED) is 0.618. The zero-order chi connectivity index (χ0) is 22.2. The number of alkyl halides is 12. The van der Waals surface area contributed by atoms with Gasteiger partial charge in [0.1, 0.15) is 0 Å². The van der Waals surface area contributed by atoms with Crippen molar-refractivity contribution >= 4 is 0 Å². The molecule has 1 N–H and O–H groups in total. The molecule has 1 atom stereocenters. The van der Waals surface area contributed by atoms with Crippen molar-refractivity contribution in [2.45, 2.75) is 54.5 Å². The molecule has 1 unspecified atom stereocenters. The fourth-order valence-corrected chi connectivity index (χ4v) is 2.91. The van der Waals surface area contributed by atoms with Crippen LogP contribution in [0.25, 0.3) is 0 Å². The number of rotatable bonds is 3. The molecule has 0 saturated heterocycles. The Balaban J connectivity index is 2.52. The van der Waals surface area contributed by atoms with Gasteiger partial charge in [0.15, 0.2) is 0 Å². The molecule has 28 heavy (non-hydrogen) atoms. The molecular weight excluding hydrogens is 424 g/mol. The van der Waals surface area contributed by atoms with Gasteiger partial charge < -0.3 is 5.11 Å². The molecule has 0 amide bonds. The summed E-state index contributed by atoms with van der Waals surface area (Å²) in [6.45, 7) is 0.331. The smallest absolute Gasteiger partial charge is 0.385 e. The van der Waals surface area contributed by atoms with Crippen LogP contribution in [0, 0.1) is 0 Å². The highest BCUT2D eigenvalue weighted by Gasteiger charge is 3.00. The largest absolute Gasteiger partial charge is 0.416 e. The molecule has 13 heteroatoms. The van der Waals surface area contributed by atoms with Crippen molar-refractivity contribution in [3.8, 4) is 0 Å². The normalized spacial score (nSPS) is 26.6. The van der Waals surface area contributed by atoms with E-state index < -0.39 is 58.7 Å². The molecule has 1 aliphatic rings. The summed E-state index contributed by atoms with van der Waals surface area (Å²) in [5, 5.41) is 10.0. The summed E-state index contributed by atoms with van der Waals surface area (Å²) in [4.78, 5) is 0. The van der Waals surface area contributed by atoms with Crippen LogP contribution in [0.3, 0.4) is 0 Å². The van der Waals surface area contributed by atoms with Gasteiger partial charge >= 0.3 is 29.9 Å². The van der Waals surface area contributed by atoms with Crippen molar-refractivity contribution in [3.63, 3.8) is 0 Å². The Morgan fingerprint density at radius 2 is 1.00 bits per heavy atom. The average Bonchev–Trinajstić information content (AvgIpc) is 2.56. The van der Waals surface area contributed by atoms with Gasteiger partial charge in [-0.15, -0.1) is 0 Å². The predicted molar refractivity (Wildman–Crippen MR) is 69.3 cm³/mol. The van der Waals surface area contributed by atoms with E-state index in [1.807, 2.05) is 0 Å². The van der Waals surface area contributed by atoms with Crippen molar-refractivity contribution < 1.29 is 57.8 Å². The molecule has 2 rings (SSSR count). The van der Waals surface area contributed by atoms with E-state index in [1.165, 1.54) is 0 Å². The van der Waals surface area contributed by atoms with Gasteiger partial charge in [-0.1, -0.05) is 12.1 Å². The molecule has 1 aromatic rings. The summed E-state index contributed by atoms with van der Waals surface area (Å²) < 4.78 is 160. The summed E-state index contributed by atoms with van der Waals surface area (Å²) in [6, 6.07) is 1.30. The summed E-state index contributed by atoms with van der Waals surface area (Å²) in [5.41, 5.74) is -11.3. The summed E-state index contributed by atoms with van der Waals surface area (Å²) in [5.74, 6) is -26.8. The van der Waals surface area contributed by atoms with Crippen LogP contribution < -0.4 is 0 Å². The van der Waals surface area contributed by atoms with Gasteiger partial charge in [0, 0.05) is 6.42 Å². The summed E-state index contributed by atoms with van der Waals surface area (Å²) in [6.07, 6.45) is -7.54. The lowest BCUT2D eigenvalue weighted by molar-refractivity contribution is -0.303. The van der Waals surface area contributed by atoms with Gasteiger partial charge in [0.05, 0.1) is 11.2 Å². The van der Waals surface area contributed by atoms with Gasteiger partial charge in [0.25, 0.3) is 5.67 Å². The SMILES string of the molecule is CC(O)(CC1(F)C(F)(F)C(F)(F)C(F)(F)C1(F)F)c1ccc(C(F)(F)F)cc1. The lowest BCUT2D eigenvalue weighted by Crippen LogP contribution is -2.57. The van der Waals surface area contributed by atoms with Crippen molar-refractivity contribution in [1.29, 1.82) is 0 Å². The second-order valence-corrected chi connectivity index (χ2v) is 6.62. The summed E-state index contributed by atoms with van der Waals surface area (Å²) in [7, 11) is 0. The minimum atomic E-state index is -6.80. The number of hydrogen-bond donors (Lipinski definition) is 1. The fraction of sp³-hybridized carbons (Fsp3) is 0.600. The zero-order valence-electron chi connectivity index (χ0n) is 13.5. The number of aliphatic hydroxyl groups is 1. The van der Waals surface area contributed by atoms with Crippen LogP contribution in [-0.2, 0) is 11.8 Å². The molecule has 0 radical (unpaired) electrons. The van der Waals surface area contributed by atoms with Crippen LogP contribution in [-0.4, -0.2) is 34.5 Å². The second kappa shape index (κ2) is 5.70. The highest BCUT2D eigenvalue weighted by atomic mass is 19.4. The van der Waals surface area contributed by atoms with Crippen molar-refractivity contribution in [1.82, 2.24) is 0 Å². The number of hydrogen-bond acceptors (Lipinski definition) is 1. The van der Waals surface area contributed by atoms with E-state index >= 15 is 0 Å². The Labute approximate surface area is 148 Å². The summed E-state index contributed by atoms with van der Waals surface area (Å²) >= 11 is 0. The molecule has 0 bridgehead atoms. The Bertz CT molecular complexity index is 721. The highest BCUT2D eigenvalue weighted by molar-refractivity contribution is 5.32. The van der Waals surface area contributed by atoms with Crippen LogP contribution in [0.5, 0.6) is 0 Å². The molecule has 1 saturated carbocycles. The molecule has 1 aromatic carbocycles. The van der Waals surface area contributed by atoms with Gasteiger partial charge in [-0.2, -0.15) is 48.3 Å². The topological polar surface area (TPSA) is 20.2 Å². The minimum Gasteiger partial charge on any atom is -0.385 e. The first-order valence-electron chi connectivity index (χ1n) is 7.27. The monoisotopic (exact) mass is 434 g/mol. The van der Waals surface area contributed by atoms with Gasteiger partial charge in [-0.05, 0) is 24.6 Å². The molecule has 0 heterocycles. The highest BCUT2D eigenvalue weighted by Crippen LogP contribution is 2.70. The van der Waals surface area contributed by atoms with Crippen LogP contribution in [0.15, 0.2) is 24.3 Å². The number of benzene rings is 1. The standard InChI is InChI=1S/C15H10F12O/c1-9(28,7-2-4-8(5-3-7)11(17,18)19)6-10(16)12(20,21)14(24,25)15(26,27)13(10,22)23/h2-5,28H,6H2,1H3. The lowest BCUT2D eigenvalue weighted by atomic mass is 9.80. The van der Waals surface area contributed by atoms with Crippen molar-refractivity contribution in [3.05, 3.63) is 35.4 Å². The average molecular weight is 434 g/mol. The minimum absolute atomic E-state index is 0.267. The van der Waals surface area contributed by atoms with E-state index in [0.717, 1.165) is 0 Å². The number of halogens is 12. The predicted octanol–water partition coefficient (Wildman–Crippen LogP) is 5.57. The Hall–Kier alpha value is -1.66. The third-order valence-corrected chi connectivity index (χ3v) is 4.60. The van der Waals surface area contributed by atoms with Crippen LogP contribution in [0.2, 0.25) is 0 Å². The molecule has 0 spiro atoms. The molecule has 1 fully saturated rings. The lowest BCUT2D eigenvalue weighted by Gasteiger charge is -2.37. The Morgan fingerprint density at radius 1 is 0.679 bits per heavy atom. The van der Waals surface area contributed by atoms with E-state index in [1.54, 1.807) is 0 Å².